The van der Waals surface area contributed by atoms with Crippen LogP contribution in [0.2, 0.25) is 0 Å². The SMILES string of the molecule is CC/C=C\C/C=C\C/C=C\C/C=C\C/C=C\C/C=C\CCCCC(=O)OC(CO)COCC/C=C\C/C=C\C/C=C\C/C=C\C/C=C\CC. The number of allylic oxidation sites excluding steroid dienone is 21. The Bertz CT molecular complexity index is 1060. The summed E-state index contributed by atoms with van der Waals surface area (Å²) in [5.74, 6) is -0.275. The molecule has 49 heavy (non-hydrogen) atoms. The van der Waals surface area contributed by atoms with Crippen molar-refractivity contribution in [1.29, 1.82) is 0 Å². The predicted octanol–water partition coefficient (Wildman–Crippen LogP) is 12.3. The van der Waals surface area contributed by atoms with E-state index in [0.29, 0.717) is 13.0 Å². The average Bonchev–Trinajstić information content (AvgIpc) is 3.11. The lowest BCUT2D eigenvalue weighted by Gasteiger charge is -2.15. The van der Waals surface area contributed by atoms with Crippen LogP contribution in [0.1, 0.15) is 117 Å². The first-order valence-electron chi connectivity index (χ1n) is 18.8. The molecule has 0 saturated carbocycles. The van der Waals surface area contributed by atoms with Gasteiger partial charge in [-0.25, -0.2) is 0 Å². The summed E-state index contributed by atoms with van der Waals surface area (Å²) < 4.78 is 11.0. The lowest BCUT2D eigenvalue weighted by atomic mass is 10.2. The summed E-state index contributed by atoms with van der Waals surface area (Å²) in [5, 5.41) is 9.55. The molecule has 0 aromatic rings. The molecule has 0 aromatic carbocycles. The number of hydrogen-bond acceptors (Lipinski definition) is 4. The molecule has 0 aliphatic heterocycles. The molecule has 0 fully saturated rings. The third-order valence-electron chi connectivity index (χ3n) is 6.99. The van der Waals surface area contributed by atoms with Gasteiger partial charge in [-0.05, 0) is 96.3 Å². The summed E-state index contributed by atoms with van der Waals surface area (Å²) in [6.07, 6.45) is 62.3. The van der Waals surface area contributed by atoms with Crippen LogP contribution < -0.4 is 0 Å². The number of ether oxygens (including phenoxy) is 2. The van der Waals surface area contributed by atoms with Gasteiger partial charge >= 0.3 is 5.97 Å². The van der Waals surface area contributed by atoms with Gasteiger partial charge in [0.05, 0.1) is 19.8 Å². The van der Waals surface area contributed by atoms with Crippen LogP contribution >= 0.6 is 0 Å². The zero-order valence-corrected chi connectivity index (χ0v) is 30.9. The van der Waals surface area contributed by atoms with Crippen LogP contribution in [0, 0.1) is 0 Å². The Kier molecular flexibility index (Phi) is 37.8. The number of rotatable bonds is 32. The molecule has 0 amide bonds. The maximum atomic E-state index is 12.1. The molecule has 0 rings (SSSR count). The van der Waals surface area contributed by atoms with Crippen LogP contribution in [-0.2, 0) is 14.3 Å². The summed E-state index contributed by atoms with van der Waals surface area (Å²) in [6.45, 7) is 4.82. The highest BCUT2D eigenvalue weighted by molar-refractivity contribution is 5.69. The number of esters is 1. The van der Waals surface area contributed by atoms with Crippen molar-refractivity contribution in [3.63, 3.8) is 0 Å². The third-order valence-corrected chi connectivity index (χ3v) is 6.99. The first kappa shape index (κ1) is 45.5. The van der Waals surface area contributed by atoms with Gasteiger partial charge in [-0.15, -0.1) is 0 Å². The normalized spacial score (nSPS) is 13.9. The number of unbranched alkanes of at least 4 members (excludes halogenated alkanes) is 2. The smallest absolute Gasteiger partial charge is 0.306 e. The largest absolute Gasteiger partial charge is 0.457 e. The van der Waals surface area contributed by atoms with E-state index in [4.69, 9.17) is 9.47 Å². The number of carbonyl (C=O) groups excluding carboxylic acids is 1. The highest BCUT2D eigenvalue weighted by atomic mass is 16.6. The van der Waals surface area contributed by atoms with Crippen LogP contribution in [0.15, 0.2) is 134 Å². The van der Waals surface area contributed by atoms with E-state index in [1.54, 1.807) is 0 Å². The maximum Gasteiger partial charge on any atom is 0.306 e. The van der Waals surface area contributed by atoms with Crippen molar-refractivity contribution in [3.05, 3.63) is 134 Å². The Balaban J connectivity index is 3.74. The molecule has 0 heterocycles. The third kappa shape index (κ3) is 38.9. The van der Waals surface area contributed by atoms with Crippen LogP contribution in [0.3, 0.4) is 0 Å². The van der Waals surface area contributed by atoms with Crippen molar-refractivity contribution in [2.45, 2.75) is 123 Å². The van der Waals surface area contributed by atoms with E-state index in [-0.39, 0.29) is 19.2 Å². The zero-order valence-electron chi connectivity index (χ0n) is 30.9. The van der Waals surface area contributed by atoms with Gasteiger partial charge in [-0.2, -0.15) is 0 Å². The van der Waals surface area contributed by atoms with Crippen molar-refractivity contribution in [3.8, 4) is 0 Å². The summed E-state index contributed by atoms with van der Waals surface area (Å²) in [7, 11) is 0. The van der Waals surface area contributed by atoms with Crippen molar-refractivity contribution < 1.29 is 19.4 Å². The van der Waals surface area contributed by atoms with Crippen LogP contribution in [0.5, 0.6) is 0 Å². The van der Waals surface area contributed by atoms with E-state index in [9.17, 15) is 9.90 Å². The summed E-state index contributed by atoms with van der Waals surface area (Å²) >= 11 is 0. The Labute approximate surface area is 300 Å². The van der Waals surface area contributed by atoms with Gasteiger partial charge < -0.3 is 14.6 Å². The minimum absolute atomic E-state index is 0.214. The van der Waals surface area contributed by atoms with Crippen LogP contribution in [0.4, 0.5) is 0 Å². The van der Waals surface area contributed by atoms with Gasteiger partial charge in [0.1, 0.15) is 6.10 Å². The Hall–Kier alpha value is -3.47. The summed E-state index contributed by atoms with van der Waals surface area (Å²) in [5.41, 5.74) is 0. The zero-order chi connectivity index (χ0) is 35.6. The molecular formula is C45H68O4. The minimum atomic E-state index is -0.607. The molecule has 0 saturated heterocycles. The number of carbonyl (C=O) groups is 1. The molecule has 0 aromatic heterocycles. The first-order chi connectivity index (χ1) is 24.2. The van der Waals surface area contributed by atoms with E-state index < -0.39 is 6.10 Å². The Morgan fingerprint density at radius 2 is 0.837 bits per heavy atom. The molecule has 272 valence electrons. The predicted molar refractivity (Wildman–Crippen MR) is 214 cm³/mol. The van der Waals surface area contributed by atoms with Crippen LogP contribution in [-0.4, -0.2) is 37.0 Å². The lowest BCUT2D eigenvalue weighted by molar-refractivity contribution is -0.154. The van der Waals surface area contributed by atoms with Crippen molar-refractivity contribution in [2.75, 3.05) is 19.8 Å². The van der Waals surface area contributed by atoms with E-state index in [1.807, 2.05) is 0 Å². The van der Waals surface area contributed by atoms with E-state index in [1.165, 1.54) is 0 Å². The van der Waals surface area contributed by atoms with Crippen LogP contribution in [0.25, 0.3) is 0 Å². The van der Waals surface area contributed by atoms with Gasteiger partial charge in [-0.1, -0.05) is 148 Å². The molecule has 0 aliphatic rings. The molecule has 4 nitrogen and oxygen atoms in total. The first-order valence-corrected chi connectivity index (χ1v) is 18.8. The molecule has 1 atom stereocenters. The van der Waals surface area contributed by atoms with Gasteiger partial charge in [-0.3, -0.25) is 4.79 Å². The number of hydrogen-bond donors (Lipinski definition) is 1. The van der Waals surface area contributed by atoms with E-state index in [0.717, 1.165) is 96.3 Å². The molecule has 0 bridgehead atoms. The molecule has 0 spiro atoms. The molecule has 1 unspecified atom stereocenters. The average molecular weight is 673 g/mol. The van der Waals surface area contributed by atoms with Gasteiger partial charge in [0.2, 0.25) is 0 Å². The summed E-state index contributed by atoms with van der Waals surface area (Å²) in [4.78, 5) is 12.1. The van der Waals surface area contributed by atoms with Crippen molar-refractivity contribution in [2.24, 2.45) is 0 Å². The fourth-order valence-electron chi connectivity index (χ4n) is 4.27. The van der Waals surface area contributed by atoms with E-state index >= 15 is 0 Å². The maximum absolute atomic E-state index is 12.1. The lowest BCUT2D eigenvalue weighted by Crippen LogP contribution is -2.27. The van der Waals surface area contributed by atoms with E-state index in [2.05, 4.69) is 148 Å². The van der Waals surface area contributed by atoms with Crippen molar-refractivity contribution >= 4 is 5.97 Å². The second-order valence-corrected chi connectivity index (χ2v) is 11.5. The monoisotopic (exact) mass is 673 g/mol. The quantitative estimate of drug-likeness (QED) is 0.0439. The van der Waals surface area contributed by atoms with Gasteiger partial charge in [0, 0.05) is 6.42 Å². The fraction of sp³-hybridized carbons (Fsp3) is 0.489. The summed E-state index contributed by atoms with van der Waals surface area (Å²) in [6, 6.07) is 0. The second-order valence-electron chi connectivity index (χ2n) is 11.5. The second kappa shape index (κ2) is 40.7. The number of aliphatic hydroxyl groups is 1. The van der Waals surface area contributed by atoms with Gasteiger partial charge in [0.15, 0.2) is 0 Å². The fourth-order valence-corrected chi connectivity index (χ4v) is 4.27. The number of aliphatic hydroxyl groups excluding tert-OH is 1. The highest BCUT2D eigenvalue weighted by Gasteiger charge is 2.13. The molecule has 1 N–H and O–H groups in total. The molecule has 0 aliphatic carbocycles. The minimum Gasteiger partial charge on any atom is -0.457 e. The van der Waals surface area contributed by atoms with Crippen molar-refractivity contribution in [1.82, 2.24) is 0 Å². The standard InChI is InChI=1S/C45H68O4/c1-3-5-7-9-11-13-15-17-19-21-22-23-24-25-26-28-30-32-34-36-38-40-45(47)49-44(42-46)43-48-41-39-37-35-33-31-29-27-20-18-16-14-12-10-8-6-4-2/h5-8,11-14,17-20,22-23,25-26,29-32,35,37,44,46H,3-4,9-10,15-16,21,24,27-28,33-34,36,38-43H2,1-2H3/b7-5-,8-6-,13-11-,14-12-,19-17-,20-18-,23-22-,26-25-,31-29-,32-30-,37-35-. The Morgan fingerprint density at radius 1 is 0.490 bits per heavy atom. The topological polar surface area (TPSA) is 55.8 Å². The van der Waals surface area contributed by atoms with Gasteiger partial charge in [0.25, 0.3) is 0 Å². The highest BCUT2D eigenvalue weighted by Crippen LogP contribution is 2.06. The molecular weight excluding hydrogens is 604 g/mol. The molecule has 0 radical (unpaired) electrons. The molecule has 4 heteroatoms. The Morgan fingerprint density at radius 3 is 1.20 bits per heavy atom.